The van der Waals surface area contributed by atoms with E-state index < -0.39 is 11.8 Å². The van der Waals surface area contributed by atoms with Crippen molar-refractivity contribution in [1.82, 2.24) is 4.98 Å². The first-order valence-electron chi connectivity index (χ1n) is 3.86. The lowest BCUT2D eigenvalue weighted by Gasteiger charge is -2.04. The van der Waals surface area contributed by atoms with Gasteiger partial charge in [-0.3, -0.25) is 4.79 Å². The average molecular weight is 263 g/mol. The van der Waals surface area contributed by atoms with Gasteiger partial charge in [0.25, 0.3) is 0 Å². The molecule has 1 aromatic heterocycles. The summed E-state index contributed by atoms with van der Waals surface area (Å²) in [6.07, 6.45) is 1.41. The zero-order valence-electron chi connectivity index (χ0n) is 7.13. The molecule has 2 N–H and O–H groups in total. The molecule has 0 aromatic carbocycles. The van der Waals surface area contributed by atoms with Crippen LogP contribution < -0.4 is 5.32 Å². The molecule has 0 amide bonds. The molecule has 0 bridgehead atoms. The molecule has 0 saturated carbocycles. The van der Waals surface area contributed by atoms with Crippen molar-refractivity contribution in [2.45, 2.75) is 6.42 Å². The fourth-order valence-electron chi connectivity index (χ4n) is 0.832. The summed E-state index contributed by atoms with van der Waals surface area (Å²) < 4.78 is 13.0. The lowest BCUT2D eigenvalue weighted by atomic mass is 10.3. The number of nitrogens with one attached hydrogen (secondary N) is 1. The predicted octanol–water partition coefficient (Wildman–Crippen LogP) is 1.87. The number of aliphatic carboxylic acids is 1. The van der Waals surface area contributed by atoms with Gasteiger partial charge in [0.05, 0.1) is 18.3 Å². The fraction of sp³-hybridized carbons (Fsp3) is 0.250. The van der Waals surface area contributed by atoms with Crippen LogP contribution in [0.1, 0.15) is 6.42 Å². The van der Waals surface area contributed by atoms with Crippen molar-refractivity contribution in [3.8, 4) is 0 Å². The van der Waals surface area contributed by atoms with E-state index in [9.17, 15) is 9.18 Å². The first kappa shape index (κ1) is 10.9. The molecule has 4 nitrogen and oxygen atoms in total. The van der Waals surface area contributed by atoms with E-state index in [1.54, 1.807) is 0 Å². The van der Waals surface area contributed by atoms with Crippen LogP contribution in [0.4, 0.5) is 10.1 Å². The SMILES string of the molecule is O=C(O)CCNc1cnc(Br)c(F)c1. The van der Waals surface area contributed by atoms with Crippen LogP contribution in [-0.2, 0) is 4.79 Å². The van der Waals surface area contributed by atoms with Gasteiger partial charge in [0.15, 0.2) is 5.82 Å². The molecule has 0 aliphatic carbocycles. The Balaban J connectivity index is 2.51. The molecule has 0 radical (unpaired) electrons. The molecular formula is C8H8BrFN2O2. The number of carbonyl (C=O) groups is 1. The van der Waals surface area contributed by atoms with Crippen LogP contribution in [0.2, 0.25) is 0 Å². The van der Waals surface area contributed by atoms with Crippen molar-refractivity contribution < 1.29 is 14.3 Å². The second-order valence-electron chi connectivity index (χ2n) is 2.57. The molecule has 0 atom stereocenters. The third kappa shape index (κ3) is 3.29. The Morgan fingerprint density at radius 3 is 3.00 bits per heavy atom. The topological polar surface area (TPSA) is 62.2 Å². The van der Waals surface area contributed by atoms with Crippen LogP contribution in [0.25, 0.3) is 0 Å². The Hall–Kier alpha value is -1.17. The molecular weight excluding hydrogens is 255 g/mol. The summed E-state index contributed by atoms with van der Waals surface area (Å²) in [6, 6.07) is 1.25. The molecule has 1 rings (SSSR count). The quantitative estimate of drug-likeness (QED) is 0.814. The zero-order valence-corrected chi connectivity index (χ0v) is 8.71. The number of anilines is 1. The Labute approximate surface area is 88.3 Å². The molecule has 76 valence electrons. The monoisotopic (exact) mass is 262 g/mol. The number of nitrogens with zero attached hydrogens (tertiary/aromatic N) is 1. The highest BCUT2D eigenvalue weighted by atomic mass is 79.9. The van der Waals surface area contributed by atoms with Crippen molar-refractivity contribution >= 4 is 27.6 Å². The summed E-state index contributed by atoms with van der Waals surface area (Å²) >= 11 is 2.91. The molecule has 6 heteroatoms. The first-order valence-corrected chi connectivity index (χ1v) is 4.65. The van der Waals surface area contributed by atoms with E-state index in [-0.39, 0.29) is 17.6 Å². The third-order valence-corrected chi connectivity index (χ3v) is 2.05. The minimum Gasteiger partial charge on any atom is -0.481 e. The van der Waals surface area contributed by atoms with Crippen molar-refractivity contribution in [3.63, 3.8) is 0 Å². The molecule has 0 unspecified atom stereocenters. The van der Waals surface area contributed by atoms with E-state index in [2.05, 4.69) is 26.2 Å². The largest absolute Gasteiger partial charge is 0.481 e. The molecule has 1 heterocycles. The smallest absolute Gasteiger partial charge is 0.305 e. The van der Waals surface area contributed by atoms with Crippen LogP contribution in [-0.4, -0.2) is 22.6 Å². The molecule has 0 spiro atoms. The maximum absolute atomic E-state index is 12.9. The zero-order chi connectivity index (χ0) is 10.6. The van der Waals surface area contributed by atoms with E-state index in [0.29, 0.717) is 5.69 Å². The summed E-state index contributed by atoms with van der Waals surface area (Å²) in [5.74, 6) is -1.38. The van der Waals surface area contributed by atoms with Gasteiger partial charge in [-0.25, -0.2) is 9.37 Å². The van der Waals surface area contributed by atoms with Crippen molar-refractivity contribution in [1.29, 1.82) is 0 Å². The molecule has 0 saturated heterocycles. The minimum atomic E-state index is -0.900. The predicted molar refractivity (Wildman–Crippen MR) is 52.6 cm³/mol. The van der Waals surface area contributed by atoms with Gasteiger partial charge in [0.2, 0.25) is 0 Å². The summed E-state index contributed by atoms with van der Waals surface area (Å²) in [7, 11) is 0. The second kappa shape index (κ2) is 4.90. The number of carboxylic acids is 1. The highest BCUT2D eigenvalue weighted by Crippen LogP contribution is 2.15. The van der Waals surface area contributed by atoms with E-state index >= 15 is 0 Å². The molecule has 0 fully saturated rings. The van der Waals surface area contributed by atoms with Gasteiger partial charge >= 0.3 is 5.97 Å². The first-order chi connectivity index (χ1) is 6.59. The van der Waals surface area contributed by atoms with Crippen LogP contribution in [0.5, 0.6) is 0 Å². The number of halogens is 2. The van der Waals surface area contributed by atoms with Crippen LogP contribution in [0.3, 0.4) is 0 Å². The van der Waals surface area contributed by atoms with E-state index in [1.807, 2.05) is 0 Å². The number of pyridine rings is 1. The maximum atomic E-state index is 12.9. The van der Waals surface area contributed by atoms with Crippen molar-refractivity contribution in [3.05, 3.63) is 22.7 Å². The van der Waals surface area contributed by atoms with Crippen molar-refractivity contribution in [2.75, 3.05) is 11.9 Å². The van der Waals surface area contributed by atoms with Crippen molar-refractivity contribution in [2.24, 2.45) is 0 Å². The van der Waals surface area contributed by atoms with Crippen LogP contribution in [0, 0.1) is 5.82 Å². The summed E-state index contributed by atoms with van der Waals surface area (Å²) in [5, 5.41) is 11.1. The minimum absolute atomic E-state index is 0.0162. The van der Waals surface area contributed by atoms with Crippen LogP contribution in [0.15, 0.2) is 16.9 Å². The number of hydrogen-bond acceptors (Lipinski definition) is 3. The fourth-order valence-corrected chi connectivity index (χ4v) is 1.05. The van der Waals surface area contributed by atoms with Gasteiger partial charge in [-0.2, -0.15) is 0 Å². The Bertz CT molecular complexity index is 346. The Morgan fingerprint density at radius 1 is 1.71 bits per heavy atom. The lowest BCUT2D eigenvalue weighted by molar-refractivity contribution is -0.136. The van der Waals surface area contributed by atoms with E-state index in [1.165, 1.54) is 12.3 Å². The number of aromatic nitrogens is 1. The maximum Gasteiger partial charge on any atom is 0.305 e. The van der Waals surface area contributed by atoms with Gasteiger partial charge < -0.3 is 10.4 Å². The normalized spacial score (nSPS) is 9.86. The van der Waals surface area contributed by atoms with Gasteiger partial charge in [-0.05, 0) is 15.9 Å². The van der Waals surface area contributed by atoms with Gasteiger partial charge in [0, 0.05) is 12.6 Å². The number of rotatable bonds is 4. The molecule has 0 aliphatic heterocycles. The highest BCUT2D eigenvalue weighted by Gasteiger charge is 2.02. The Kier molecular flexibility index (Phi) is 3.82. The highest BCUT2D eigenvalue weighted by molar-refractivity contribution is 9.10. The van der Waals surface area contributed by atoms with Gasteiger partial charge in [-0.15, -0.1) is 0 Å². The third-order valence-electron chi connectivity index (χ3n) is 1.46. The average Bonchev–Trinajstić information content (AvgIpc) is 2.10. The van der Waals surface area contributed by atoms with E-state index in [0.717, 1.165) is 0 Å². The van der Waals surface area contributed by atoms with Gasteiger partial charge in [-0.1, -0.05) is 0 Å². The standard InChI is InChI=1S/C8H8BrFN2O2/c9-8-6(10)3-5(4-12-8)11-2-1-7(13)14/h3-4,11H,1-2H2,(H,13,14). The molecule has 0 aliphatic rings. The lowest BCUT2D eigenvalue weighted by Crippen LogP contribution is -2.07. The van der Waals surface area contributed by atoms with Gasteiger partial charge in [0.1, 0.15) is 4.60 Å². The molecule has 1 aromatic rings. The summed E-state index contributed by atoms with van der Waals surface area (Å²) in [6.45, 7) is 0.248. The molecule has 14 heavy (non-hydrogen) atoms. The summed E-state index contributed by atoms with van der Waals surface area (Å²) in [5.41, 5.74) is 0.465. The van der Waals surface area contributed by atoms with Crippen LogP contribution >= 0.6 is 15.9 Å². The second-order valence-corrected chi connectivity index (χ2v) is 3.32. The van der Waals surface area contributed by atoms with E-state index in [4.69, 9.17) is 5.11 Å². The summed E-state index contributed by atoms with van der Waals surface area (Å²) in [4.78, 5) is 13.9. The number of hydrogen-bond donors (Lipinski definition) is 2. The Morgan fingerprint density at radius 2 is 2.43 bits per heavy atom. The number of carboxylic acid groups (broad SMARTS) is 1.